The zero-order chi connectivity index (χ0) is 17.9. The van der Waals surface area contributed by atoms with Crippen molar-refractivity contribution in [3.63, 3.8) is 0 Å². The summed E-state index contributed by atoms with van der Waals surface area (Å²) in [7, 11) is -3.72. The molecule has 1 aliphatic carbocycles. The molecular formula is C18H24N4O2S. The van der Waals surface area contributed by atoms with Gasteiger partial charge in [-0.3, -0.25) is 0 Å². The highest BCUT2D eigenvalue weighted by Crippen LogP contribution is 2.34. The van der Waals surface area contributed by atoms with Crippen LogP contribution >= 0.6 is 0 Å². The third-order valence-corrected chi connectivity index (χ3v) is 6.63. The smallest absolute Gasteiger partial charge is 0.244 e. The first-order valence-electron chi connectivity index (χ1n) is 8.58. The van der Waals surface area contributed by atoms with Crippen molar-refractivity contribution < 1.29 is 8.42 Å². The summed E-state index contributed by atoms with van der Waals surface area (Å²) in [4.78, 5) is 8.50. The molecule has 0 saturated heterocycles. The number of rotatable bonds is 5. The number of nitrogens with one attached hydrogen (secondary N) is 1. The average Bonchev–Trinajstić information content (AvgIpc) is 2.64. The van der Waals surface area contributed by atoms with Gasteiger partial charge >= 0.3 is 0 Å². The van der Waals surface area contributed by atoms with Gasteiger partial charge in [-0.15, -0.1) is 0 Å². The zero-order valence-electron chi connectivity index (χ0n) is 14.4. The number of benzene rings is 1. The van der Waals surface area contributed by atoms with Gasteiger partial charge in [-0.1, -0.05) is 50.1 Å². The van der Waals surface area contributed by atoms with Gasteiger partial charge in [0.1, 0.15) is 4.90 Å². The normalized spacial score (nSPS) is 24.2. The molecule has 1 aromatic carbocycles. The molecule has 2 atom stereocenters. The van der Waals surface area contributed by atoms with Crippen LogP contribution in [0, 0.1) is 5.92 Å². The number of aromatic nitrogens is 2. The summed E-state index contributed by atoms with van der Waals surface area (Å²) in [5.74, 6) is 0.699. The quantitative estimate of drug-likeness (QED) is 0.853. The first-order chi connectivity index (χ1) is 12.0. The molecule has 2 unspecified atom stereocenters. The molecule has 0 radical (unpaired) electrons. The second-order valence-corrected chi connectivity index (χ2v) is 8.40. The van der Waals surface area contributed by atoms with E-state index in [2.05, 4.69) is 21.6 Å². The predicted octanol–water partition coefficient (Wildman–Crippen LogP) is 2.33. The van der Waals surface area contributed by atoms with Crippen molar-refractivity contribution in [2.24, 2.45) is 11.7 Å². The van der Waals surface area contributed by atoms with Gasteiger partial charge in [0, 0.05) is 17.6 Å². The van der Waals surface area contributed by atoms with Gasteiger partial charge in [0.25, 0.3) is 0 Å². The van der Waals surface area contributed by atoms with E-state index in [4.69, 9.17) is 5.73 Å². The molecule has 1 saturated carbocycles. The number of nitrogens with two attached hydrogens (primary N) is 1. The van der Waals surface area contributed by atoms with Crippen LogP contribution in [-0.2, 0) is 10.0 Å². The van der Waals surface area contributed by atoms with Gasteiger partial charge in [-0.2, -0.15) is 0 Å². The zero-order valence-corrected chi connectivity index (χ0v) is 15.2. The highest BCUT2D eigenvalue weighted by atomic mass is 32.2. The van der Waals surface area contributed by atoms with Gasteiger partial charge in [-0.25, -0.2) is 23.1 Å². The molecule has 0 aliphatic heterocycles. The van der Waals surface area contributed by atoms with Crippen LogP contribution in [0.2, 0.25) is 0 Å². The molecule has 0 spiro atoms. The monoisotopic (exact) mass is 360 g/mol. The minimum Gasteiger partial charge on any atom is -0.329 e. The lowest BCUT2D eigenvalue weighted by molar-refractivity contribution is 0.191. The van der Waals surface area contributed by atoms with E-state index in [1.165, 1.54) is 12.4 Å². The fourth-order valence-corrected chi connectivity index (χ4v) is 4.85. The van der Waals surface area contributed by atoms with Crippen LogP contribution in [-0.4, -0.2) is 30.5 Å². The largest absolute Gasteiger partial charge is 0.329 e. The van der Waals surface area contributed by atoms with Crippen LogP contribution in [0.3, 0.4) is 0 Å². The molecule has 134 valence electrons. The minimum absolute atomic E-state index is 0.0674. The number of sulfonamides is 1. The lowest BCUT2D eigenvalue weighted by Crippen LogP contribution is -2.58. The van der Waals surface area contributed by atoms with Gasteiger partial charge in [0.05, 0.1) is 12.4 Å². The molecule has 1 heterocycles. The Morgan fingerprint density at radius 3 is 2.48 bits per heavy atom. The van der Waals surface area contributed by atoms with Crippen LogP contribution in [0.4, 0.5) is 0 Å². The van der Waals surface area contributed by atoms with Crippen molar-refractivity contribution in [3.8, 4) is 11.4 Å². The van der Waals surface area contributed by atoms with Gasteiger partial charge in [0.2, 0.25) is 10.0 Å². The number of nitrogens with zero attached hydrogens (tertiary/aromatic N) is 2. The summed E-state index contributed by atoms with van der Waals surface area (Å²) in [5.41, 5.74) is 6.21. The Kier molecular flexibility index (Phi) is 5.17. The Morgan fingerprint density at radius 2 is 1.88 bits per heavy atom. The lowest BCUT2D eigenvalue weighted by atomic mass is 9.74. The SMILES string of the molecule is CC1CCCCC1(CN)NS(=O)(=O)c1cnc(-c2ccccc2)nc1. The van der Waals surface area contributed by atoms with Gasteiger partial charge < -0.3 is 5.73 Å². The standard InChI is InChI=1S/C18H24N4O2S/c1-14-7-5-6-10-18(14,13-19)22-25(23,24)16-11-20-17(21-12-16)15-8-3-2-4-9-15/h2-4,8-9,11-12,14,22H,5-7,10,13,19H2,1H3. The van der Waals surface area contributed by atoms with E-state index < -0.39 is 15.6 Å². The van der Waals surface area contributed by atoms with Crippen LogP contribution in [0.5, 0.6) is 0 Å². The second kappa shape index (κ2) is 7.19. The molecule has 25 heavy (non-hydrogen) atoms. The van der Waals surface area contributed by atoms with Crippen LogP contribution < -0.4 is 10.5 Å². The molecule has 6 nitrogen and oxygen atoms in total. The van der Waals surface area contributed by atoms with Crippen LogP contribution in [0.1, 0.15) is 32.6 Å². The summed E-state index contributed by atoms with van der Waals surface area (Å²) in [6, 6.07) is 9.45. The first-order valence-corrected chi connectivity index (χ1v) is 10.1. The average molecular weight is 360 g/mol. The van der Waals surface area contributed by atoms with Crippen LogP contribution in [0.25, 0.3) is 11.4 Å². The van der Waals surface area contributed by atoms with E-state index in [0.29, 0.717) is 5.82 Å². The molecule has 0 bridgehead atoms. The van der Waals surface area contributed by atoms with E-state index in [1.54, 1.807) is 0 Å². The summed E-state index contributed by atoms with van der Waals surface area (Å²) in [6.45, 7) is 2.35. The molecule has 3 rings (SSSR count). The third-order valence-electron chi connectivity index (χ3n) is 5.13. The van der Waals surface area contributed by atoms with Crippen molar-refractivity contribution in [1.29, 1.82) is 0 Å². The molecule has 1 aromatic heterocycles. The Morgan fingerprint density at radius 1 is 1.20 bits per heavy atom. The maximum atomic E-state index is 12.8. The van der Waals surface area contributed by atoms with Crippen molar-refractivity contribution >= 4 is 10.0 Å². The Bertz CT molecular complexity index is 809. The first kappa shape index (κ1) is 18.0. The summed E-state index contributed by atoms with van der Waals surface area (Å²) < 4.78 is 28.5. The highest BCUT2D eigenvalue weighted by molar-refractivity contribution is 7.89. The predicted molar refractivity (Wildman–Crippen MR) is 97.2 cm³/mol. The van der Waals surface area contributed by atoms with E-state index in [0.717, 1.165) is 31.2 Å². The topological polar surface area (TPSA) is 98.0 Å². The Labute approximate surface area is 148 Å². The number of hydrogen-bond donors (Lipinski definition) is 2. The molecule has 1 aliphatic rings. The van der Waals surface area contributed by atoms with Crippen molar-refractivity contribution in [2.45, 2.75) is 43.0 Å². The third kappa shape index (κ3) is 3.73. The summed E-state index contributed by atoms with van der Waals surface area (Å²) in [5, 5.41) is 0. The van der Waals surface area contributed by atoms with Gasteiger partial charge in [-0.05, 0) is 18.8 Å². The maximum Gasteiger partial charge on any atom is 0.244 e. The summed E-state index contributed by atoms with van der Waals surface area (Å²) in [6.07, 6.45) is 6.54. The molecule has 0 amide bonds. The molecular weight excluding hydrogens is 336 g/mol. The molecule has 1 fully saturated rings. The van der Waals surface area contributed by atoms with E-state index in [-0.39, 0.29) is 17.4 Å². The highest BCUT2D eigenvalue weighted by Gasteiger charge is 2.40. The molecule has 2 aromatic rings. The van der Waals surface area contributed by atoms with Crippen molar-refractivity contribution in [3.05, 3.63) is 42.7 Å². The van der Waals surface area contributed by atoms with Crippen LogP contribution in [0.15, 0.2) is 47.6 Å². The summed E-state index contributed by atoms with van der Waals surface area (Å²) >= 11 is 0. The van der Waals surface area contributed by atoms with Crippen molar-refractivity contribution in [2.75, 3.05) is 6.54 Å². The fraction of sp³-hybridized carbons (Fsp3) is 0.444. The number of hydrogen-bond acceptors (Lipinski definition) is 5. The lowest BCUT2D eigenvalue weighted by Gasteiger charge is -2.42. The van der Waals surface area contributed by atoms with E-state index in [9.17, 15) is 8.42 Å². The van der Waals surface area contributed by atoms with Crippen molar-refractivity contribution in [1.82, 2.24) is 14.7 Å². The minimum atomic E-state index is -3.72. The molecule has 7 heteroatoms. The molecule has 3 N–H and O–H groups in total. The Hall–Kier alpha value is -1.83. The van der Waals surface area contributed by atoms with E-state index >= 15 is 0 Å². The second-order valence-electron chi connectivity index (χ2n) is 6.72. The van der Waals surface area contributed by atoms with Gasteiger partial charge in [0.15, 0.2) is 5.82 Å². The van der Waals surface area contributed by atoms with E-state index in [1.807, 2.05) is 30.3 Å². The fourth-order valence-electron chi connectivity index (χ4n) is 3.43. The Balaban J connectivity index is 1.85. The maximum absolute atomic E-state index is 12.8.